The molecule has 38 heavy (non-hydrogen) atoms. The minimum atomic E-state index is -0.709. The van der Waals surface area contributed by atoms with E-state index < -0.39 is 11.6 Å². The van der Waals surface area contributed by atoms with Crippen LogP contribution in [0.5, 0.6) is 5.75 Å². The first kappa shape index (κ1) is 29.4. The van der Waals surface area contributed by atoms with Gasteiger partial charge in [0.2, 0.25) is 5.91 Å². The van der Waals surface area contributed by atoms with Gasteiger partial charge in [-0.25, -0.2) is 0 Å². The summed E-state index contributed by atoms with van der Waals surface area (Å²) in [5.74, 6) is 0.535. The van der Waals surface area contributed by atoms with Crippen LogP contribution >= 0.6 is 15.9 Å². The van der Waals surface area contributed by atoms with Gasteiger partial charge >= 0.3 is 0 Å². The van der Waals surface area contributed by atoms with E-state index in [9.17, 15) is 9.59 Å². The van der Waals surface area contributed by atoms with Crippen LogP contribution in [-0.2, 0) is 22.6 Å². The summed E-state index contributed by atoms with van der Waals surface area (Å²) < 4.78 is 6.79. The molecule has 6 heteroatoms. The molecule has 0 radical (unpaired) electrons. The maximum atomic E-state index is 13.8. The van der Waals surface area contributed by atoms with Crippen molar-refractivity contribution in [2.75, 3.05) is 6.61 Å². The lowest BCUT2D eigenvalue weighted by Crippen LogP contribution is -2.55. The molecule has 3 aromatic rings. The SMILES string of the molecule is Cc1ccccc1CN(C(=O)COc1ccc(C(C)C)cc1Br)[C@H](Cc1ccccc1)C(=O)NC(C)(C)C. The van der Waals surface area contributed by atoms with Crippen molar-refractivity contribution in [2.24, 2.45) is 0 Å². The smallest absolute Gasteiger partial charge is 0.261 e. The van der Waals surface area contributed by atoms with Crippen molar-refractivity contribution in [3.8, 4) is 5.75 Å². The molecule has 0 aliphatic heterocycles. The maximum Gasteiger partial charge on any atom is 0.261 e. The molecule has 0 aliphatic rings. The number of benzene rings is 3. The van der Waals surface area contributed by atoms with Crippen LogP contribution in [0.25, 0.3) is 0 Å². The number of carbonyl (C=O) groups excluding carboxylic acids is 2. The van der Waals surface area contributed by atoms with Crippen LogP contribution in [0, 0.1) is 6.92 Å². The third kappa shape index (κ3) is 8.45. The number of hydrogen-bond acceptors (Lipinski definition) is 3. The Hall–Kier alpha value is -3.12. The molecule has 0 saturated carbocycles. The lowest BCUT2D eigenvalue weighted by atomic mass is 10.00. The molecule has 5 nitrogen and oxygen atoms in total. The summed E-state index contributed by atoms with van der Waals surface area (Å²) in [4.78, 5) is 29.1. The fraction of sp³-hybridized carbons (Fsp3) is 0.375. The highest BCUT2D eigenvalue weighted by Gasteiger charge is 2.32. The summed E-state index contributed by atoms with van der Waals surface area (Å²) in [6.45, 7) is 12.2. The Labute approximate surface area is 235 Å². The number of nitrogens with one attached hydrogen (secondary N) is 1. The van der Waals surface area contributed by atoms with Crippen LogP contribution in [-0.4, -0.2) is 34.9 Å². The monoisotopic (exact) mass is 578 g/mol. The van der Waals surface area contributed by atoms with E-state index in [1.165, 1.54) is 5.56 Å². The van der Waals surface area contributed by atoms with Gasteiger partial charge in [0.15, 0.2) is 6.61 Å². The Morgan fingerprint density at radius 2 is 1.63 bits per heavy atom. The highest BCUT2D eigenvalue weighted by molar-refractivity contribution is 9.10. The molecule has 0 heterocycles. The maximum absolute atomic E-state index is 13.8. The van der Waals surface area contributed by atoms with E-state index in [0.29, 0.717) is 24.6 Å². The van der Waals surface area contributed by atoms with E-state index in [0.717, 1.165) is 21.2 Å². The number of carbonyl (C=O) groups is 2. The van der Waals surface area contributed by atoms with Crippen LogP contribution in [0.4, 0.5) is 0 Å². The van der Waals surface area contributed by atoms with Gasteiger partial charge in [0.05, 0.1) is 4.47 Å². The van der Waals surface area contributed by atoms with Crippen molar-refractivity contribution in [1.82, 2.24) is 10.2 Å². The molecule has 0 bridgehead atoms. The fourth-order valence-corrected chi connectivity index (χ4v) is 4.70. The van der Waals surface area contributed by atoms with Crippen LogP contribution in [0.3, 0.4) is 0 Å². The number of hydrogen-bond donors (Lipinski definition) is 1. The molecule has 0 fully saturated rings. The molecule has 2 amide bonds. The molecule has 0 aromatic heterocycles. The number of ether oxygens (including phenoxy) is 1. The number of rotatable bonds is 10. The topological polar surface area (TPSA) is 58.6 Å². The zero-order valence-corrected chi connectivity index (χ0v) is 24.8. The standard InChI is InChI=1S/C32H39BrN2O3/c1-22(2)25-16-17-29(27(33)19-25)38-21-30(36)35(20-26-15-11-10-12-23(26)3)28(31(37)34-32(4,5)6)18-24-13-8-7-9-14-24/h7-17,19,22,28H,18,20-21H2,1-6H3,(H,34,37)/t28-/m1/s1. The van der Waals surface area contributed by atoms with Crippen molar-refractivity contribution in [3.63, 3.8) is 0 Å². The predicted octanol–water partition coefficient (Wildman–Crippen LogP) is 6.81. The zero-order chi connectivity index (χ0) is 27.9. The number of amides is 2. The molecule has 3 aromatic carbocycles. The van der Waals surface area contributed by atoms with E-state index in [4.69, 9.17) is 4.74 Å². The molecular formula is C32H39BrN2O3. The second-order valence-corrected chi connectivity index (χ2v) is 11.9. The summed E-state index contributed by atoms with van der Waals surface area (Å²) in [6, 6.07) is 22.9. The molecule has 1 N–H and O–H groups in total. The van der Waals surface area contributed by atoms with E-state index >= 15 is 0 Å². The highest BCUT2D eigenvalue weighted by atomic mass is 79.9. The minimum absolute atomic E-state index is 0.181. The van der Waals surface area contributed by atoms with Crippen LogP contribution in [0.1, 0.15) is 62.8 Å². The Balaban J connectivity index is 1.94. The summed E-state index contributed by atoms with van der Waals surface area (Å²) in [5.41, 5.74) is 3.77. The van der Waals surface area contributed by atoms with Gasteiger partial charge in [-0.2, -0.15) is 0 Å². The van der Waals surface area contributed by atoms with Gasteiger partial charge in [-0.1, -0.05) is 74.5 Å². The van der Waals surface area contributed by atoms with Gasteiger partial charge in [0.25, 0.3) is 5.91 Å². The third-order valence-electron chi connectivity index (χ3n) is 6.34. The molecule has 0 aliphatic carbocycles. The van der Waals surface area contributed by atoms with Crippen molar-refractivity contribution < 1.29 is 14.3 Å². The molecule has 0 spiro atoms. The molecular weight excluding hydrogens is 540 g/mol. The fourth-order valence-electron chi connectivity index (χ4n) is 4.19. The summed E-state index contributed by atoms with van der Waals surface area (Å²) in [7, 11) is 0. The van der Waals surface area contributed by atoms with Gasteiger partial charge in [0, 0.05) is 18.5 Å². The Morgan fingerprint density at radius 1 is 0.974 bits per heavy atom. The van der Waals surface area contributed by atoms with Gasteiger partial charge in [-0.05, 0) is 83.9 Å². The van der Waals surface area contributed by atoms with Gasteiger partial charge in [-0.3, -0.25) is 9.59 Å². The summed E-state index contributed by atoms with van der Waals surface area (Å²) in [5, 5.41) is 3.09. The van der Waals surface area contributed by atoms with Crippen molar-refractivity contribution >= 4 is 27.7 Å². The predicted molar refractivity (Wildman–Crippen MR) is 157 cm³/mol. The van der Waals surface area contributed by atoms with Gasteiger partial charge < -0.3 is 15.0 Å². The normalized spacial score (nSPS) is 12.2. The molecule has 0 saturated heterocycles. The van der Waals surface area contributed by atoms with Crippen molar-refractivity contribution in [1.29, 1.82) is 0 Å². The third-order valence-corrected chi connectivity index (χ3v) is 6.96. The first-order valence-electron chi connectivity index (χ1n) is 13.1. The lowest BCUT2D eigenvalue weighted by molar-refractivity contribution is -0.143. The summed E-state index contributed by atoms with van der Waals surface area (Å²) >= 11 is 3.58. The first-order valence-corrected chi connectivity index (χ1v) is 13.9. The second-order valence-electron chi connectivity index (χ2n) is 11.0. The van der Waals surface area contributed by atoms with Gasteiger partial charge in [0.1, 0.15) is 11.8 Å². The number of halogens is 1. The Kier molecular flexibility index (Phi) is 10.1. The van der Waals surface area contributed by atoms with Crippen LogP contribution in [0.15, 0.2) is 77.3 Å². The number of aryl methyl sites for hydroxylation is 1. The minimum Gasteiger partial charge on any atom is -0.483 e. The summed E-state index contributed by atoms with van der Waals surface area (Å²) in [6.07, 6.45) is 0.396. The zero-order valence-electron chi connectivity index (χ0n) is 23.3. The van der Waals surface area contributed by atoms with E-state index in [2.05, 4.69) is 35.1 Å². The molecule has 1 atom stereocenters. The van der Waals surface area contributed by atoms with E-state index in [-0.39, 0.29) is 18.4 Å². The Bertz CT molecular complexity index is 1230. The van der Waals surface area contributed by atoms with E-state index in [1.807, 2.05) is 100 Å². The average Bonchev–Trinajstić information content (AvgIpc) is 2.85. The van der Waals surface area contributed by atoms with Crippen molar-refractivity contribution in [2.45, 2.75) is 72.0 Å². The molecule has 202 valence electrons. The largest absolute Gasteiger partial charge is 0.483 e. The highest BCUT2D eigenvalue weighted by Crippen LogP contribution is 2.29. The van der Waals surface area contributed by atoms with E-state index in [1.54, 1.807) is 4.90 Å². The first-order chi connectivity index (χ1) is 17.9. The molecule has 3 rings (SSSR count). The number of nitrogens with zero attached hydrogens (tertiary/aromatic N) is 1. The molecule has 0 unspecified atom stereocenters. The average molecular weight is 580 g/mol. The quantitative estimate of drug-likeness (QED) is 0.287. The van der Waals surface area contributed by atoms with Crippen LogP contribution in [0.2, 0.25) is 0 Å². The Morgan fingerprint density at radius 3 is 2.24 bits per heavy atom. The lowest BCUT2D eigenvalue weighted by Gasteiger charge is -2.34. The van der Waals surface area contributed by atoms with Crippen molar-refractivity contribution in [3.05, 3.63) is 99.5 Å². The van der Waals surface area contributed by atoms with Crippen LogP contribution < -0.4 is 10.1 Å². The van der Waals surface area contributed by atoms with Gasteiger partial charge in [-0.15, -0.1) is 0 Å². The second kappa shape index (κ2) is 13.1.